The van der Waals surface area contributed by atoms with Crippen molar-refractivity contribution in [3.05, 3.63) is 23.9 Å². The Morgan fingerprint density at radius 1 is 1.22 bits per heavy atom. The fourth-order valence-corrected chi connectivity index (χ4v) is 1.49. The summed E-state index contributed by atoms with van der Waals surface area (Å²) in [5, 5.41) is 8.90. The van der Waals surface area contributed by atoms with Crippen molar-refractivity contribution in [2.24, 2.45) is 0 Å². The van der Waals surface area contributed by atoms with Gasteiger partial charge in [0.2, 0.25) is 0 Å². The monoisotopic (exact) mass is 249 g/mol. The second kappa shape index (κ2) is 9.29. The quantitative estimate of drug-likeness (QED) is 0.394. The van der Waals surface area contributed by atoms with Gasteiger partial charge in [-0.1, -0.05) is 13.8 Å². The van der Waals surface area contributed by atoms with E-state index in [-0.39, 0.29) is 11.5 Å². The molecule has 0 aromatic heterocycles. The first-order chi connectivity index (χ1) is 8.56. The third kappa shape index (κ3) is 6.09. The molecule has 0 radical (unpaired) electrons. The molecule has 0 rings (SSSR count). The molecule has 1 amide bonds. The van der Waals surface area contributed by atoms with E-state index < -0.39 is 0 Å². The van der Waals surface area contributed by atoms with Crippen LogP contribution in [0.2, 0.25) is 0 Å². The highest BCUT2D eigenvalue weighted by Gasteiger charge is 2.09. The predicted molar refractivity (Wildman–Crippen MR) is 73.7 cm³/mol. The van der Waals surface area contributed by atoms with Crippen molar-refractivity contribution in [1.82, 2.24) is 9.80 Å². The summed E-state index contributed by atoms with van der Waals surface area (Å²) in [6.07, 6.45) is 7.44. The first-order valence-electron chi connectivity index (χ1n) is 6.31. The van der Waals surface area contributed by atoms with Crippen LogP contribution < -0.4 is 0 Å². The van der Waals surface area contributed by atoms with Gasteiger partial charge in [-0.25, -0.2) is 0 Å². The van der Waals surface area contributed by atoms with Crippen LogP contribution in [-0.4, -0.2) is 42.9 Å². The van der Waals surface area contributed by atoms with Gasteiger partial charge < -0.3 is 9.80 Å². The van der Waals surface area contributed by atoms with Crippen LogP contribution in [-0.2, 0) is 4.79 Å². The summed E-state index contributed by atoms with van der Waals surface area (Å²) in [6.45, 7) is 6.23. The molecule has 0 saturated heterocycles. The largest absolute Gasteiger partial charge is 0.377 e. The molecule has 0 aliphatic heterocycles. The molecule has 0 aromatic carbocycles. The van der Waals surface area contributed by atoms with Gasteiger partial charge in [0, 0.05) is 27.2 Å². The van der Waals surface area contributed by atoms with Crippen molar-refractivity contribution in [3.8, 4) is 6.07 Å². The zero-order valence-corrected chi connectivity index (χ0v) is 11.8. The van der Waals surface area contributed by atoms with Crippen molar-refractivity contribution in [2.45, 2.75) is 26.7 Å². The van der Waals surface area contributed by atoms with Crippen molar-refractivity contribution < 1.29 is 4.79 Å². The Balaban J connectivity index is 4.65. The van der Waals surface area contributed by atoms with Gasteiger partial charge in [0.05, 0.1) is 0 Å². The molecule has 100 valence electrons. The minimum Gasteiger partial charge on any atom is -0.377 e. The van der Waals surface area contributed by atoms with Gasteiger partial charge in [0.1, 0.15) is 11.6 Å². The molecule has 0 fully saturated rings. The lowest BCUT2D eigenvalue weighted by Gasteiger charge is -2.18. The van der Waals surface area contributed by atoms with Gasteiger partial charge in [-0.15, -0.1) is 0 Å². The molecule has 0 spiro atoms. The van der Waals surface area contributed by atoms with Crippen LogP contribution in [0.15, 0.2) is 23.9 Å². The highest BCUT2D eigenvalue weighted by molar-refractivity contribution is 5.97. The Hall–Kier alpha value is -1.76. The molecule has 0 aliphatic rings. The lowest BCUT2D eigenvalue weighted by Crippen LogP contribution is -2.23. The Labute approximate surface area is 110 Å². The summed E-state index contributed by atoms with van der Waals surface area (Å²) in [5.41, 5.74) is 0.157. The van der Waals surface area contributed by atoms with Gasteiger partial charge >= 0.3 is 0 Å². The fourth-order valence-electron chi connectivity index (χ4n) is 1.49. The third-order valence-electron chi connectivity index (χ3n) is 2.34. The number of rotatable bonds is 7. The van der Waals surface area contributed by atoms with Crippen LogP contribution in [0.3, 0.4) is 0 Å². The molecule has 0 N–H and O–H groups in total. The van der Waals surface area contributed by atoms with Crippen molar-refractivity contribution in [1.29, 1.82) is 5.26 Å². The van der Waals surface area contributed by atoms with E-state index in [0.717, 1.165) is 25.9 Å². The number of hydrogen-bond acceptors (Lipinski definition) is 3. The number of hydrogen-bond donors (Lipinski definition) is 0. The highest BCUT2D eigenvalue weighted by Crippen LogP contribution is 2.00. The van der Waals surface area contributed by atoms with E-state index in [9.17, 15) is 4.79 Å². The topological polar surface area (TPSA) is 47.3 Å². The van der Waals surface area contributed by atoms with E-state index in [0.29, 0.717) is 0 Å². The number of carbonyl (C=O) groups is 1. The van der Waals surface area contributed by atoms with E-state index in [2.05, 4.69) is 18.7 Å². The predicted octanol–water partition coefficient (Wildman–Crippen LogP) is 2.16. The summed E-state index contributed by atoms with van der Waals surface area (Å²) in [6, 6.07) is 1.92. The van der Waals surface area contributed by atoms with Crippen LogP contribution >= 0.6 is 0 Å². The van der Waals surface area contributed by atoms with Crippen LogP contribution in [0, 0.1) is 11.3 Å². The SMILES string of the molecule is CCCN(C=CC=C(C#N)C(=O)N(C)C)CCC. The Morgan fingerprint density at radius 3 is 2.17 bits per heavy atom. The molecular weight excluding hydrogens is 226 g/mol. The second-order valence-electron chi connectivity index (χ2n) is 4.27. The normalized spacial score (nSPS) is 11.4. The van der Waals surface area contributed by atoms with Crippen LogP contribution in [0.4, 0.5) is 0 Å². The van der Waals surface area contributed by atoms with Gasteiger partial charge in [0.15, 0.2) is 0 Å². The van der Waals surface area contributed by atoms with Crippen LogP contribution in [0.5, 0.6) is 0 Å². The third-order valence-corrected chi connectivity index (χ3v) is 2.34. The van der Waals surface area contributed by atoms with Gasteiger partial charge in [0.25, 0.3) is 5.91 Å². The van der Waals surface area contributed by atoms with Crippen molar-refractivity contribution in [2.75, 3.05) is 27.2 Å². The zero-order chi connectivity index (χ0) is 14.0. The summed E-state index contributed by atoms with van der Waals surface area (Å²) in [7, 11) is 3.27. The molecule has 0 unspecified atom stereocenters. The average molecular weight is 249 g/mol. The average Bonchev–Trinajstić information content (AvgIpc) is 2.34. The highest BCUT2D eigenvalue weighted by atomic mass is 16.2. The van der Waals surface area contributed by atoms with Crippen LogP contribution in [0.1, 0.15) is 26.7 Å². The van der Waals surface area contributed by atoms with Crippen molar-refractivity contribution in [3.63, 3.8) is 0 Å². The lowest BCUT2D eigenvalue weighted by molar-refractivity contribution is -0.124. The van der Waals surface area contributed by atoms with Crippen molar-refractivity contribution >= 4 is 5.91 Å². The van der Waals surface area contributed by atoms with E-state index >= 15 is 0 Å². The Kier molecular flexibility index (Phi) is 8.38. The maximum Gasteiger partial charge on any atom is 0.263 e. The number of nitrogens with zero attached hydrogens (tertiary/aromatic N) is 3. The first kappa shape index (κ1) is 16.2. The first-order valence-corrected chi connectivity index (χ1v) is 6.31. The second-order valence-corrected chi connectivity index (χ2v) is 4.27. The zero-order valence-electron chi connectivity index (χ0n) is 11.8. The number of likely N-dealkylation sites (N-methyl/N-ethyl adjacent to an activating group) is 1. The molecule has 0 atom stereocenters. The van der Waals surface area contributed by atoms with E-state index in [1.165, 1.54) is 4.90 Å². The Bertz CT molecular complexity index is 345. The molecule has 0 aliphatic carbocycles. The van der Waals surface area contributed by atoms with E-state index in [1.807, 2.05) is 12.3 Å². The van der Waals surface area contributed by atoms with Crippen LogP contribution in [0.25, 0.3) is 0 Å². The molecule has 18 heavy (non-hydrogen) atoms. The molecule has 0 bridgehead atoms. The fraction of sp³-hybridized carbons (Fsp3) is 0.571. The smallest absolute Gasteiger partial charge is 0.263 e. The molecule has 0 heterocycles. The minimum absolute atomic E-state index is 0.157. The minimum atomic E-state index is -0.264. The maximum atomic E-state index is 11.6. The van der Waals surface area contributed by atoms with Gasteiger partial charge in [-0.3, -0.25) is 4.79 Å². The molecule has 0 aromatic rings. The Morgan fingerprint density at radius 2 is 1.78 bits per heavy atom. The standard InChI is InChI=1S/C14H23N3O/c1-5-9-17(10-6-2)11-7-8-13(12-15)14(18)16(3)4/h7-8,11H,5-6,9-10H2,1-4H3. The summed E-state index contributed by atoms with van der Waals surface area (Å²) in [4.78, 5) is 15.2. The maximum absolute atomic E-state index is 11.6. The molecular formula is C14H23N3O. The number of amides is 1. The van der Waals surface area contributed by atoms with Gasteiger partial charge in [-0.2, -0.15) is 5.26 Å². The number of nitriles is 1. The summed E-state index contributed by atoms with van der Waals surface area (Å²) in [5.74, 6) is -0.264. The molecule has 0 saturated carbocycles. The summed E-state index contributed by atoms with van der Waals surface area (Å²) >= 11 is 0. The molecule has 4 nitrogen and oxygen atoms in total. The van der Waals surface area contributed by atoms with E-state index in [4.69, 9.17) is 5.26 Å². The molecule has 4 heteroatoms. The van der Waals surface area contributed by atoms with E-state index in [1.54, 1.807) is 26.2 Å². The number of allylic oxidation sites excluding steroid dienone is 2. The summed E-state index contributed by atoms with van der Waals surface area (Å²) < 4.78 is 0. The van der Waals surface area contributed by atoms with Gasteiger partial charge in [-0.05, 0) is 31.2 Å². The lowest BCUT2D eigenvalue weighted by atomic mass is 10.2. The number of carbonyl (C=O) groups excluding carboxylic acids is 1.